The molecule has 0 amide bonds. The third-order valence-corrected chi connectivity index (χ3v) is 13.2. The lowest BCUT2D eigenvalue weighted by molar-refractivity contribution is 0.674. The van der Waals surface area contributed by atoms with Crippen LogP contribution in [0.5, 0.6) is 0 Å². The zero-order chi connectivity index (χ0) is 42.8. The van der Waals surface area contributed by atoms with Gasteiger partial charge in [0.25, 0.3) is 0 Å². The van der Waals surface area contributed by atoms with E-state index in [4.69, 9.17) is 4.42 Å². The van der Waals surface area contributed by atoms with Crippen LogP contribution < -0.4 is 4.90 Å². The molecule has 0 bridgehead atoms. The van der Waals surface area contributed by atoms with Gasteiger partial charge in [-0.1, -0.05) is 182 Å². The average Bonchev–Trinajstić information content (AvgIpc) is 3.93. The van der Waals surface area contributed by atoms with Crippen LogP contribution in [0.4, 0.5) is 17.1 Å². The van der Waals surface area contributed by atoms with Crippen LogP contribution in [-0.2, 0) is 0 Å². The van der Waals surface area contributed by atoms with Gasteiger partial charge in [-0.25, -0.2) is 0 Å². The predicted octanol–water partition coefficient (Wildman–Crippen LogP) is 17.5. The van der Waals surface area contributed by atoms with E-state index in [-0.39, 0.29) is 0 Å². The number of hydrogen-bond donors (Lipinski definition) is 0. The Hall–Kier alpha value is -8.66. The Morgan fingerprint density at radius 2 is 0.815 bits per heavy atom. The van der Waals surface area contributed by atoms with Crippen LogP contribution in [0.2, 0.25) is 0 Å². The van der Waals surface area contributed by atoms with Crippen LogP contribution in [-0.4, -0.2) is 4.57 Å². The van der Waals surface area contributed by atoms with Gasteiger partial charge in [0.15, 0.2) is 0 Å². The third kappa shape index (κ3) is 6.05. The lowest BCUT2D eigenvalue weighted by atomic mass is 9.98. The first-order chi connectivity index (χ1) is 32.2. The first kappa shape index (κ1) is 36.9. The number of rotatable bonds is 7. The molecule has 2 heterocycles. The van der Waals surface area contributed by atoms with Crippen LogP contribution in [0.1, 0.15) is 0 Å². The zero-order valence-corrected chi connectivity index (χ0v) is 35.4. The van der Waals surface area contributed by atoms with Crippen molar-refractivity contribution < 1.29 is 4.42 Å². The second-order valence-electron chi connectivity index (χ2n) is 16.8. The van der Waals surface area contributed by atoms with E-state index in [1.165, 1.54) is 49.1 Å². The Balaban J connectivity index is 0.947. The van der Waals surface area contributed by atoms with Crippen molar-refractivity contribution in [3.05, 3.63) is 243 Å². The van der Waals surface area contributed by atoms with Gasteiger partial charge in [0.2, 0.25) is 0 Å². The predicted molar refractivity (Wildman–Crippen MR) is 274 cm³/mol. The molecule has 0 saturated carbocycles. The largest absolute Gasteiger partial charge is 0.455 e. The molecular weight excluding hydrogens is 789 g/mol. The van der Waals surface area contributed by atoms with E-state index >= 15 is 0 Å². The average molecular weight is 829 g/mol. The Labute approximate surface area is 376 Å². The number of anilines is 3. The van der Waals surface area contributed by atoms with Crippen molar-refractivity contribution in [2.75, 3.05) is 4.90 Å². The van der Waals surface area contributed by atoms with Gasteiger partial charge in [0.1, 0.15) is 11.2 Å². The van der Waals surface area contributed by atoms with Gasteiger partial charge in [0.05, 0.1) is 22.4 Å². The molecule has 0 saturated heterocycles. The summed E-state index contributed by atoms with van der Waals surface area (Å²) in [6.07, 6.45) is 0. The molecule has 65 heavy (non-hydrogen) atoms. The van der Waals surface area contributed by atoms with E-state index in [0.29, 0.717) is 0 Å². The third-order valence-electron chi connectivity index (χ3n) is 13.2. The van der Waals surface area contributed by atoms with Crippen LogP contribution >= 0.6 is 0 Å². The first-order valence-corrected chi connectivity index (χ1v) is 22.2. The number of nitrogens with zero attached hydrogens (tertiary/aromatic N) is 2. The number of benzene rings is 11. The molecule has 0 N–H and O–H groups in total. The molecular formula is C62H40N2O. The molecule has 0 unspecified atom stereocenters. The van der Waals surface area contributed by atoms with Crippen molar-refractivity contribution >= 4 is 82.4 Å². The van der Waals surface area contributed by atoms with E-state index in [9.17, 15) is 0 Å². The Kier molecular flexibility index (Phi) is 8.53. The zero-order valence-electron chi connectivity index (χ0n) is 35.4. The lowest BCUT2D eigenvalue weighted by Gasteiger charge is -2.28. The highest BCUT2D eigenvalue weighted by Gasteiger charge is 2.21. The summed E-state index contributed by atoms with van der Waals surface area (Å²) in [5.41, 5.74) is 15.4. The molecule has 0 aliphatic carbocycles. The molecule has 0 radical (unpaired) electrons. The van der Waals surface area contributed by atoms with Gasteiger partial charge >= 0.3 is 0 Å². The summed E-state index contributed by atoms with van der Waals surface area (Å²) in [4.78, 5) is 2.39. The SMILES string of the molecule is c1ccc(N(c2ccc(-c3ccccc3-n3c4ccccc4c4ccccc43)cc2)c2ccc(-c3cccc4c3oc3c5ccccc5ccc43)cc2)c(-c2ccc3ccccc3c2)c1. The summed E-state index contributed by atoms with van der Waals surface area (Å²) in [7, 11) is 0. The maximum atomic E-state index is 6.77. The van der Waals surface area contributed by atoms with Crippen molar-refractivity contribution in [1.29, 1.82) is 0 Å². The second-order valence-corrected chi connectivity index (χ2v) is 16.8. The highest BCUT2D eigenvalue weighted by atomic mass is 16.3. The van der Waals surface area contributed by atoms with E-state index in [1.807, 2.05) is 0 Å². The van der Waals surface area contributed by atoms with Crippen molar-refractivity contribution in [3.8, 4) is 39.1 Å². The van der Waals surface area contributed by atoms with Gasteiger partial charge in [-0.05, 0) is 93.5 Å². The molecule has 0 spiro atoms. The van der Waals surface area contributed by atoms with E-state index in [1.54, 1.807) is 0 Å². The highest BCUT2D eigenvalue weighted by Crippen LogP contribution is 2.45. The summed E-state index contributed by atoms with van der Waals surface area (Å²) in [6.45, 7) is 0. The second kappa shape index (κ2) is 15.0. The lowest BCUT2D eigenvalue weighted by Crippen LogP contribution is -2.11. The minimum atomic E-state index is 0.905. The van der Waals surface area contributed by atoms with Gasteiger partial charge in [-0.3, -0.25) is 0 Å². The minimum Gasteiger partial charge on any atom is -0.455 e. The minimum absolute atomic E-state index is 0.905. The Morgan fingerprint density at radius 3 is 1.55 bits per heavy atom. The summed E-state index contributed by atoms with van der Waals surface area (Å²) >= 11 is 0. The first-order valence-electron chi connectivity index (χ1n) is 22.2. The summed E-state index contributed by atoms with van der Waals surface area (Å²) in [5.74, 6) is 0. The summed E-state index contributed by atoms with van der Waals surface area (Å²) in [6, 6.07) is 87.7. The Bertz CT molecular complexity index is 3900. The molecule has 0 atom stereocenters. The quantitative estimate of drug-likeness (QED) is 0.160. The fourth-order valence-electron chi connectivity index (χ4n) is 10.1. The molecule has 3 nitrogen and oxygen atoms in total. The maximum absolute atomic E-state index is 6.77. The molecule has 0 fully saturated rings. The molecule has 2 aromatic heterocycles. The molecule has 0 aliphatic rings. The Morgan fingerprint density at radius 1 is 0.308 bits per heavy atom. The van der Waals surface area contributed by atoms with Crippen molar-refractivity contribution in [3.63, 3.8) is 0 Å². The maximum Gasteiger partial charge on any atom is 0.143 e. The van der Waals surface area contributed by atoms with Crippen molar-refractivity contribution in [1.82, 2.24) is 4.57 Å². The van der Waals surface area contributed by atoms with Crippen molar-refractivity contribution in [2.45, 2.75) is 0 Å². The molecule has 3 heteroatoms. The van der Waals surface area contributed by atoms with Gasteiger partial charge < -0.3 is 13.9 Å². The standard InChI is InChI=1S/C62H40N2O/c1-2-16-45-40-46(29-28-41(45)14-1)50-18-6-9-24-57(50)63(48-37-32-44(33-38-48)52-22-13-23-55-56-39-34-42-15-3-4-19-51(42)62(56)65-61(52)55)47-35-30-43(31-36-47)49-17-5-10-25-58(49)64-59-26-11-7-20-53(59)54-21-8-12-27-60(54)64/h1-40H. The molecule has 13 aromatic rings. The highest BCUT2D eigenvalue weighted by molar-refractivity contribution is 6.17. The number of furan rings is 1. The van der Waals surface area contributed by atoms with Crippen LogP contribution in [0.15, 0.2) is 247 Å². The fraction of sp³-hybridized carbons (Fsp3) is 0. The number of fused-ring (bicyclic) bond motifs is 9. The summed E-state index contributed by atoms with van der Waals surface area (Å²) < 4.78 is 9.19. The van der Waals surface area contributed by atoms with Gasteiger partial charge in [0, 0.05) is 55.0 Å². The van der Waals surface area contributed by atoms with E-state index in [2.05, 4.69) is 252 Å². The smallest absolute Gasteiger partial charge is 0.143 e. The summed E-state index contributed by atoms with van der Waals surface area (Å²) in [5, 5.41) is 9.51. The molecule has 11 aromatic carbocycles. The number of aromatic nitrogens is 1. The molecule has 304 valence electrons. The monoisotopic (exact) mass is 828 g/mol. The fourth-order valence-corrected chi connectivity index (χ4v) is 10.1. The number of hydrogen-bond acceptors (Lipinski definition) is 2. The topological polar surface area (TPSA) is 21.3 Å². The van der Waals surface area contributed by atoms with Crippen LogP contribution in [0.25, 0.3) is 104 Å². The molecule has 0 aliphatic heterocycles. The van der Waals surface area contributed by atoms with Crippen molar-refractivity contribution in [2.24, 2.45) is 0 Å². The molecule has 13 rings (SSSR count). The number of para-hydroxylation sites is 5. The van der Waals surface area contributed by atoms with Gasteiger partial charge in [-0.15, -0.1) is 0 Å². The van der Waals surface area contributed by atoms with Crippen LogP contribution in [0, 0.1) is 0 Å². The van der Waals surface area contributed by atoms with E-state index < -0.39 is 0 Å². The van der Waals surface area contributed by atoms with Crippen LogP contribution in [0.3, 0.4) is 0 Å². The normalized spacial score (nSPS) is 11.7. The van der Waals surface area contributed by atoms with Gasteiger partial charge in [-0.2, -0.15) is 0 Å². The van der Waals surface area contributed by atoms with E-state index in [0.717, 1.165) is 72.3 Å².